The summed E-state index contributed by atoms with van der Waals surface area (Å²) in [4.78, 5) is 25.9. The van der Waals surface area contributed by atoms with Gasteiger partial charge < -0.3 is 15.4 Å². The lowest BCUT2D eigenvalue weighted by molar-refractivity contribution is -0.151. The smallest absolute Gasteiger partial charge is 0.310 e. The van der Waals surface area contributed by atoms with Crippen LogP contribution in [0.5, 0.6) is 0 Å². The summed E-state index contributed by atoms with van der Waals surface area (Å²) in [6.45, 7) is 3.34. The highest BCUT2D eigenvalue weighted by Crippen LogP contribution is 2.19. The Morgan fingerprint density at radius 3 is 2.95 bits per heavy atom. The summed E-state index contributed by atoms with van der Waals surface area (Å²) in [5, 5.41) is 0. The molecule has 1 amide bonds. The fraction of sp³-hybridized carbons (Fsp3) is 0.500. The van der Waals surface area contributed by atoms with Crippen molar-refractivity contribution in [3.05, 3.63) is 29.8 Å². The van der Waals surface area contributed by atoms with E-state index in [1.807, 2.05) is 18.2 Å². The van der Waals surface area contributed by atoms with E-state index < -0.39 is 0 Å². The molecule has 2 rings (SSSR count). The zero-order chi connectivity index (χ0) is 15.2. The number of likely N-dealkylation sites (tertiary alicyclic amines) is 1. The van der Waals surface area contributed by atoms with Crippen molar-refractivity contribution in [3.8, 4) is 0 Å². The normalized spacial score (nSPS) is 18.3. The molecule has 0 aliphatic carbocycles. The zero-order valence-electron chi connectivity index (χ0n) is 12.4. The minimum atomic E-state index is -0.195. The summed E-state index contributed by atoms with van der Waals surface area (Å²) < 4.78 is 5.05. The van der Waals surface area contributed by atoms with Crippen LogP contribution in [-0.2, 0) is 20.7 Å². The Morgan fingerprint density at radius 2 is 2.24 bits per heavy atom. The standard InChI is InChI=1S/C16H22N2O3/c1-2-21-16(20)13-6-4-8-18(11-13)15(19)10-12-5-3-7-14(17)9-12/h3,5,7,9,13H,2,4,6,8,10-11,17H2,1H3. The van der Waals surface area contributed by atoms with Gasteiger partial charge in [-0.25, -0.2) is 0 Å². The van der Waals surface area contributed by atoms with Crippen LogP contribution in [0.25, 0.3) is 0 Å². The Hall–Kier alpha value is -2.04. The number of benzene rings is 1. The van der Waals surface area contributed by atoms with Gasteiger partial charge in [0.2, 0.25) is 5.91 Å². The van der Waals surface area contributed by atoms with E-state index in [0.29, 0.717) is 31.8 Å². The molecule has 0 spiro atoms. The minimum Gasteiger partial charge on any atom is -0.466 e. The van der Waals surface area contributed by atoms with E-state index in [2.05, 4.69) is 0 Å². The van der Waals surface area contributed by atoms with E-state index in [1.54, 1.807) is 17.9 Å². The van der Waals surface area contributed by atoms with Gasteiger partial charge in [-0.3, -0.25) is 9.59 Å². The van der Waals surface area contributed by atoms with Gasteiger partial charge in [0, 0.05) is 18.8 Å². The van der Waals surface area contributed by atoms with E-state index >= 15 is 0 Å². The molecule has 2 N–H and O–H groups in total. The topological polar surface area (TPSA) is 72.6 Å². The lowest BCUT2D eigenvalue weighted by Crippen LogP contribution is -2.43. The van der Waals surface area contributed by atoms with Crippen LogP contribution in [0, 0.1) is 5.92 Å². The number of carbonyl (C=O) groups is 2. The first kappa shape index (κ1) is 15.4. The van der Waals surface area contributed by atoms with Gasteiger partial charge in [0.15, 0.2) is 0 Å². The van der Waals surface area contributed by atoms with E-state index in [-0.39, 0.29) is 17.8 Å². The minimum absolute atomic E-state index is 0.0367. The maximum atomic E-state index is 12.3. The van der Waals surface area contributed by atoms with Crippen molar-refractivity contribution in [2.45, 2.75) is 26.2 Å². The molecule has 5 nitrogen and oxygen atoms in total. The molecule has 114 valence electrons. The molecule has 1 aromatic rings. The Kier molecular flexibility index (Phi) is 5.20. The molecule has 0 saturated carbocycles. The molecule has 0 bridgehead atoms. The first-order valence-electron chi connectivity index (χ1n) is 7.39. The van der Waals surface area contributed by atoms with Crippen LogP contribution in [0.4, 0.5) is 5.69 Å². The van der Waals surface area contributed by atoms with Crippen molar-refractivity contribution in [2.75, 3.05) is 25.4 Å². The van der Waals surface area contributed by atoms with Gasteiger partial charge in [0.1, 0.15) is 0 Å². The molecule has 21 heavy (non-hydrogen) atoms. The number of nitrogens with two attached hydrogens (primary N) is 1. The van der Waals surface area contributed by atoms with Crippen molar-refractivity contribution in [1.29, 1.82) is 0 Å². The van der Waals surface area contributed by atoms with Crippen molar-refractivity contribution in [3.63, 3.8) is 0 Å². The molecule has 5 heteroatoms. The third-order valence-corrected chi connectivity index (χ3v) is 3.70. The van der Waals surface area contributed by atoms with E-state index in [4.69, 9.17) is 10.5 Å². The summed E-state index contributed by atoms with van der Waals surface area (Å²) in [5.74, 6) is -0.350. The molecule has 1 aliphatic heterocycles. The maximum Gasteiger partial charge on any atom is 0.310 e. The largest absolute Gasteiger partial charge is 0.466 e. The van der Waals surface area contributed by atoms with Crippen molar-refractivity contribution in [1.82, 2.24) is 4.90 Å². The molecule has 1 heterocycles. The second kappa shape index (κ2) is 7.11. The molecule has 1 aromatic carbocycles. The number of rotatable bonds is 4. The first-order valence-corrected chi connectivity index (χ1v) is 7.39. The zero-order valence-corrected chi connectivity index (χ0v) is 12.4. The predicted molar refractivity (Wildman–Crippen MR) is 80.5 cm³/mol. The fourth-order valence-corrected chi connectivity index (χ4v) is 2.65. The molecular formula is C16H22N2O3. The number of ether oxygens (including phenoxy) is 1. The molecule has 1 aliphatic rings. The second-order valence-electron chi connectivity index (χ2n) is 5.35. The number of anilines is 1. The van der Waals surface area contributed by atoms with Crippen LogP contribution in [0.15, 0.2) is 24.3 Å². The van der Waals surface area contributed by atoms with Crippen molar-refractivity contribution < 1.29 is 14.3 Å². The number of hydrogen-bond acceptors (Lipinski definition) is 4. The predicted octanol–water partition coefficient (Wildman–Crippen LogP) is 1.61. The molecule has 1 atom stereocenters. The van der Waals surface area contributed by atoms with Crippen LogP contribution < -0.4 is 5.73 Å². The number of nitrogens with zero attached hydrogens (tertiary/aromatic N) is 1. The number of nitrogen functional groups attached to an aromatic ring is 1. The monoisotopic (exact) mass is 290 g/mol. The highest BCUT2D eigenvalue weighted by Gasteiger charge is 2.29. The molecule has 1 fully saturated rings. The van der Waals surface area contributed by atoms with Gasteiger partial charge in [-0.1, -0.05) is 12.1 Å². The highest BCUT2D eigenvalue weighted by molar-refractivity contribution is 5.80. The van der Waals surface area contributed by atoms with E-state index in [0.717, 1.165) is 18.4 Å². The third kappa shape index (κ3) is 4.21. The van der Waals surface area contributed by atoms with Crippen LogP contribution in [0.2, 0.25) is 0 Å². The van der Waals surface area contributed by atoms with Gasteiger partial charge in [-0.2, -0.15) is 0 Å². The van der Waals surface area contributed by atoms with Gasteiger partial charge in [-0.05, 0) is 37.5 Å². The number of carbonyl (C=O) groups excluding carboxylic acids is 2. The van der Waals surface area contributed by atoms with E-state index in [1.165, 1.54) is 0 Å². The Labute approximate surface area is 125 Å². The van der Waals surface area contributed by atoms with Crippen LogP contribution >= 0.6 is 0 Å². The lowest BCUT2D eigenvalue weighted by atomic mass is 9.97. The van der Waals surface area contributed by atoms with Gasteiger partial charge in [-0.15, -0.1) is 0 Å². The number of hydrogen-bond donors (Lipinski definition) is 1. The Morgan fingerprint density at radius 1 is 1.43 bits per heavy atom. The average molecular weight is 290 g/mol. The average Bonchev–Trinajstić information content (AvgIpc) is 2.47. The summed E-state index contributed by atoms with van der Waals surface area (Å²) in [7, 11) is 0. The number of amides is 1. The van der Waals surface area contributed by atoms with Crippen LogP contribution in [0.1, 0.15) is 25.3 Å². The van der Waals surface area contributed by atoms with Crippen molar-refractivity contribution >= 4 is 17.6 Å². The molecule has 1 saturated heterocycles. The van der Waals surface area contributed by atoms with E-state index in [9.17, 15) is 9.59 Å². The number of piperidine rings is 1. The quantitative estimate of drug-likeness (QED) is 0.675. The molecule has 1 unspecified atom stereocenters. The Bertz CT molecular complexity index is 516. The Balaban J connectivity index is 1.94. The van der Waals surface area contributed by atoms with Gasteiger partial charge in [0.05, 0.1) is 18.9 Å². The summed E-state index contributed by atoms with van der Waals surface area (Å²) in [6, 6.07) is 7.34. The SMILES string of the molecule is CCOC(=O)C1CCCN(C(=O)Cc2cccc(N)c2)C1. The number of esters is 1. The maximum absolute atomic E-state index is 12.3. The third-order valence-electron chi connectivity index (χ3n) is 3.70. The molecule has 0 radical (unpaired) electrons. The lowest BCUT2D eigenvalue weighted by Gasteiger charge is -2.31. The van der Waals surface area contributed by atoms with Crippen molar-refractivity contribution in [2.24, 2.45) is 5.92 Å². The molecule has 0 aromatic heterocycles. The van der Waals surface area contributed by atoms with Gasteiger partial charge >= 0.3 is 5.97 Å². The van der Waals surface area contributed by atoms with Crippen LogP contribution in [-0.4, -0.2) is 36.5 Å². The fourth-order valence-electron chi connectivity index (χ4n) is 2.65. The first-order chi connectivity index (χ1) is 10.1. The van der Waals surface area contributed by atoms with Gasteiger partial charge in [0.25, 0.3) is 0 Å². The summed E-state index contributed by atoms with van der Waals surface area (Å²) in [5.41, 5.74) is 7.28. The summed E-state index contributed by atoms with van der Waals surface area (Å²) >= 11 is 0. The highest BCUT2D eigenvalue weighted by atomic mass is 16.5. The van der Waals surface area contributed by atoms with Crippen LogP contribution in [0.3, 0.4) is 0 Å². The summed E-state index contributed by atoms with van der Waals surface area (Å²) in [6.07, 6.45) is 1.95. The molecular weight excluding hydrogens is 268 g/mol. The second-order valence-corrected chi connectivity index (χ2v) is 5.35.